The van der Waals surface area contributed by atoms with Gasteiger partial charge in [0.15, 0.2) is 0 Å². The lowest BCUT2D eigenvalue weighted by Gasteiger charge is -2.09. The maximum atomic E-state index is 5.88. The van der Waals surface area contributed by atoms with Crippen LogP contribution in [0.1, 0.15) is 0 Å². The third-order valence-electron chi connectivity index (χ3n) is 2.85. The van der Waals surface area contributed by atoms with Crippen molar-refractivity contribution in [2.24, 2.45) is 0 Å². The van der Waals surface area contributed by atoms with Gasteiger partial charge >= 0.3 is 0 Å². The van der Waals surface area contributed by atoms with Gasteiger partial charge in [0, 0.05) is 32.2 Å². The Morgan fingerprint density at radius 3 is 2.37 bits per heavy atom. The second kappa shape index (κ2) is 5.19. The van der Waals surface area contributed by atoms with Crippen LogP contribution < -0.4 is 5.32 Å². The molecule has 19 heavy (non-hydrogen) atoms. The maximum absolute atomic E-state index is 5.88. The van der Waals surface area contributed by atoms with Gasteiger partial charge in [0.1, 0.15) is 5.82 Å². The molecule has 2 nitrogen and oxygen atoms in total. The molecule has 3 aromatic rings. The average Bonchev–Trinajstić information content (AvgIpc) is 2.45. The van der Waals surface area contributed by atoms with Crippen molar-refractivity contribution in [2.75, 3.05) is 5.32 Å². The zero-order valence-electron chi connectivity index (χ0n) is 9.90. The summed E-state index contributed by atoms with van der Waals surface area (Å²) >= 11 is 9.40. The Morgan fingerprint density at radius 1 is 0.947 bits per heavy atom. The summed E-state index contributed by atoms with van der Waals surface area (Å²) in [6.45, 7) is 0. The molecule has 1 aromatic heterocycles. The van der Waals surface area contributed by atoms with Gasteiger partial charge in [-0.1, -0.05) is 35.9 Å². The van der Waals surface area contributed by atoms with E-state index in [1.807, 2.05) is 42.5 Å². The molecule has 94 valence electrons. The molecule has 3 rings (SSSR count). The normalized spacial score (nSPS) is 10.6. The SMILES string of the molecule is Clc1ccc(Nc2ncc(Br)c3ccccc23)cc1. The molecule has 1 heterocycles. The van der Waals surface area contributed by atoms with Crippen LogP contribution in [0.5, 0.6) is 0 Å². The van der Waals surface area contributed by atoms with E-state index in [1.165, 1.54) is 0 Å². The quantitative estimate of drug-likeness (QED) is 0.679. The van der Waals surface area contributed by atoms with Crippen molar-refractivity contribution in [3.8, 4) is 0 Å². The van der Waals surface area contributed by atoms with E-state index in [0.29, 0.717) is 0 Å². The van der Waals surface area contributed by atoms with Crippen molar-refractivity contribution < 1.29 is 0 Å². The molecule has 0 saturated carbocycles. The maximum Gasteiger partial charge on any atom is 0.138 e. The highest BCUT2D eigenvalue weighted by molar-refractivity contribution is 9.10. The summed E-state index contributed by atoms with van der Waals surface area (Å²) in [4.78, 5) is 4.43. The molecule has 0 aliphatic heterocycles. The number of nitrogens with zero attached hydrogens (tertiary/aromatic N) is 1. The zero-order chi connectivity index (χ0) is 13.2. The van der Waals surface area contributed by atoms with Crippen LogP contribution in [-0.2, 0) is 0 Å². The predicted octanol–water partition coefficient (Wildman–Crippen LogP) is 5.39. The highest BCUT2D eigenvalue weighted by Crippen LogP contribution is 2.29. The molecule has 0 fully saturated rings. The van der Waals surface area contributed by atoms with Crippen LogP contribution in [0.2, 0.25) is 5.02 Å². The Hall–Kier alpha value is -1.58. The minimum absolute atomic E-state index is 0.721. The van der Waals surface area contributed by atoms with Crippen LogP contribution in [0.25, 0.3) is 10.8 Å². The molecule has 0 atom stereocenters. The minimum atomic E-state index is 0.721. The first-order valence-electron chi connectivity index (χ1n) is 5.80. The van der Waals surface area contributed by atoms with Gasteiger partial charge < -0.3 is 5.32 Å². The smallest absolute Gasteiger partial charge is 0.138 e. The lowest BCUT2D eigenvalue weighted by Crippen LogP contribution is -1.94. The summed E-state index contributed by atoms with van der Waals surface area (Å²) in [5, 5.41) is 6.24. The zero-order valence-corrected chi connectivity index (χ0v) is 12.2. The Bertz CT molecular complexity index is 726. The average molecular weight is 334 g/mol. The summed E-state index contributed by atoms with van der Waals surface area (Å²) in [6.07, 6.45) is 1.81. The number of halogens is 2. The van der Waals surface area contributed by atoms with Gasteiger partial charge in [0.2, 0.25) is 0 Å². The number of fused-ring (bicyclic) bond motifs is 1. The lowest BCUT2D eigenvalue weighted by molar-refractivity contribution is 1.32. The number of nitrogens with one attached hydrogen (secondary N) is 1. The number of rotatable bonds is 2. The van der Waals surface area contributed by atoms with E-state index in [4.69, 9.17) is 11.6 Å². The largest absolute Gasteiger partial charge is 0.340 e. The monoisotopic (exact) mass is 332 g/mol. The number of pyridine rings is 1. The van der Waals surface area contributed by atoms with E-state index in [-0.39, 0.29) is 0 Å². The molecule has 1 N–H and O–H groups in total. The molecule has 4 heteroatoms. The van der Waals surface area contributed by atoms with Crippen LogP contribution in [0.4, 0.5) is 11.5 Å². The van der Waals surface area contributed by atoms with Gasteiger partial charge in [-0.3, -0.25) is 0 Å². The molecule has 0 bridgehead atoms. The second-order valence-electron chi connectivity index (χ2n) is 4.13. The third kappa shape index (κ3) is 2.57. The molecular weight excluding hydrogens is 324 g/mol. The van der Waals surface area contributed by atoms with Crippen LogP contribution in [0.15, 0.2) is 59.2 Å². The molecular formula is C15H10BrClN2. The Kier molecular flexibility index (Phi) is 3.40. The van der Waals surface area contributed by atoms with Crippen molar-refractivity contribution in [2.45, 2.75) is 0 Å². The van der Waals surface area contributed by atoms with Crippen molar-refractivity contribution in [1.29, 1.82) is 0 Å². The first-order chi connectivity index (χ1) is 9.24. The Balaban J connectivity index is 2.06. The van der Waals surface area contributed by atoms with E-state index in [2.05, 4.69) is 32.3 Å². The molecule has 0 saturated heterocycles. The summed E-state index contributed by atoms with van der Waals surface area (Å²) < 4.78 is 0.991. The van der Waals surface area contributed by atoms with Gasteiger partial charge in [0.25, 0.3) is 0 Å². The molecule has 0 aliphatic carbocycles. The molecule has 0 amide bonds. The third-order valence-corrected chi connectivity index (χ3v) is 3.74. The Labute approximate surface area is 124 Å². The number of hydrogen-bond donors (Lipinski definition) is 1. The van der Waals surface area contributed by atoms with E-state index in [0.717, 1.165) is 31.8 Å². The van der Waals surface area contributed by atoms with Crippen molar-refractivity contribution in [3.63, 3.8) is 0 Å². The van der Waals surface area contributed by atoms with Gasteiger partial charge in [-0.25, -0.2) is 4.98 Å². The molecule has 0 radical (unpaired) electrons. The van der Waals surface area contributed by atoms with Crippen LogP contribution in [-0.4, -0.2) is 4.98 Å². The van der Waals surface area contributed by atoms with E-state index in [9.17, 15) is 0 Å². The van der Waals surface area contributed by atoms with Crippen molar-refractivity contribution >= 4 is 49.8 Å². The first kappa shape index (κ1) is 12.5. The number of hydrogen-bond acceptors (Lipinski definition) is 2. The van der Waals surface area contributed by atoms with E-state index >= 15 is 0 Å². The standard InChI is InChI=1S/C15H10BrClN2/c16-14-9-18-15(13-4-2-1-3-12(13)14)19-11-7-5-10(17)6-8-11/h1-9H,(H,18,19). The summed E-state index contributed by atoms with van der Waals surface area (Å²) in [5.41, 5.74) is 0.962. The Morgan fingerprint density at radius 2 is 1.63 bits per heavy atom. The summed E-state index contributed by atoms with van der Waals surface area (Å²) in [7, 11) is 0. The van der Waals surface area contributed by atoms with Crippen molar-refractivity contribution in [1.82, 2.24) is 4.98 Å². The molecule has 0 spiro atoms. The summed E-state index contributed by atoms with van der Waals surface area (Å²) in [5.74, 6) is 0.834. The molecule has 0 aliphatic rings. The van der Waals surface area contributed by atoms with E-state index < -0.39 is 0 Å². The fraction of sp³-hybridized carbons (Fsp3) is 0. The van der Waals surface area contributed by atoms with Crippen LogP contribution in [0, 0.1) is 0 Å². The van der Waals surface area contributed by atoms with Gasteiger partial charge in [0.05, 0.1) is 0 Å². The van der Waals surface area contributed by atoms with Gasteiger partial charge in [-0.2, -0.15) is 0 Å². The number of anilines is 2. The summed E-state index contributed by atoms with van der Waals surface area (Å²) in [6, 6.07) is 15.7. The highest BCUT2D eigenvalue weighted by Gasteiger charge is 2.05. The van der Waals surface area contributed by atoms with Gasteiger partial charge in [-0.05, 0) is 40.2 Å². The number of benzene rings is 2. The topological polar surface area (TPSA) is 24.9 Å². The molecule has 0 unspecified atom stereocenters. The lowest BCUT2D eigenvalue weighted by atomic mass is 10.1. The first-order valence-corrected chi connectivity index (χ1v) is 6.97. The fourth-order valence-corrected chi connectivity index (χ4v) is 2.50. The fourth-order valence-electron chi connectivity index (χ4n) is 1.93. The van der Waals surface area contributed by atoms with Gasteiger partial charge in [-0.15, -0.1) is 0 Å². The van der Waals surface area contributed by atoms with Crippen molar-refractivity contribution in [3.05, 3.63) is 64.2 Å². The van der Waals surface area contributed by atoms with Crippen LogP contribution in [0.3, 0.4) is 0 Å². The van der Waals surface area contributed by atoms with Crippen LogP contribution >= 0.6 is 27.5 Å². The second-order valence-corrected chi connectivity index (χ2v) is 5.42. The molecule has 2 aromatic carbocycles. The number of aromatic nitrogens is 1. The van der Waals surface area contributed by atoms with E-state index in [1.54, 1.807) is 6.20 Å². The minimum Gasteiger partial charge on any atom is -0.340 e. The predicted molar refractivity (Wildman–Crippen MR) is 84.2 cm³/mol. The highest BCUT2D eigenvalue weighted by atomic mass is 79.9.